The monoisotopic (exact) mass is 519 g/mol. The van der Waals surface area contributed by atoms with Crippen molar-refractivity contribution in [3.05, 3.63) is 128 Å². The fourth-order valence-corrected chi connectivity index (χ4v) is 5.07. The highest BCUT2D eigenvalue weighted by molar-refractivity contribution is 6.00. The molecule has 7 aromatic rings. The molecule has 0 aliphatic rings. The van der Waals surface area contributed by atoms with E-state index in [4.69, 9.17) is 0 Å². The van der Waals surface area contributed by atoms with Gasteiger partial charge in [-0.2, -0.15) is 5.10 Å². The van der Waals surface area contributed by atoms with Gasteiger partial charge in [0.2, 0.25) is 0 Å². The summed E-state index contributed by atoms with van der Waals surface area (Å²) in [4.78, 5) is 16.9. The van der Waals surface area contributed by atoms with Crippen LogP contribution in [0, 0.1) is 0 Å². The van der Waals surface area contributed by atoms with Crippen molar-refractivity contribution in [3.63, 3.8) is 0 Å². The topological polar surface area (TPSA) is 95.2 Å². The average Bonchev–Trinajstić information content (AvgIpc) is 3.62. The van der Waals surface area contributed by atoms with Crippen LogP contribution in [-0.2, 0) is 6.42 Å². The molecule has 5 aromatic heterocycles. The van der Waals surface area contributed by atoms with Crippen LogP contribution in [0.3, 0.4) is 0 Å². The first-order valence-corrected chi connectivity index (χ1v) is 13.0. The Hall–Kier alpha value is -5.56. The molecule has 2 aromatic carbocycles. The van der Waals surface area contributed by atoms with E-state index in [0.717, 1.165) is 73.4 Å². The lowest BCUT2D eigenvalue weighted by Crippen LogP contribution is -2.02. The van der Waals surface area contributed by atoms with Crippen LogP contribution in [-0.4, -0.2) is 30.1 Å². The third-order valence-corrected chi connectivity index (χ3v) is 6.95. The SMILES string of the molecule is C=C(Cc1ccccc1)Nc1cncc(-c2ccc3[nH]nc(-c4cc5c(-c6cccnc6)nccc5[nH]4)c3c2)c1. The molecule has 192 valence electrons. The summed E-state index contributed by atoms with van der Waals surface area (Å²) in [5, 5.41) is 13.3. The Morgan fingerprint density at radius 2 is 1.60 bits per heavy atom. The highest BCUT2D eigenvalue weighted by Gasteiger charge is 2.15. The number of anilines is 1. The molecule has 5 heterocycles. The summed E-state index contributed by atoms with van der Waals surface area (Å²) in [5.41, 5.74) is 10.7. The molecule has 0 amide bonds. The van der Waals surface area contributed by atoms with E-state index < -0.39 is 0 Å². The van der Waals surface area contributed by atoms with E-state index in [0.29, 0.717) is 0 Å². The minimum atomic E-state index is 0.748. The number of fused-ring (bicyclic) bond motifs is 2. The largest absolute Gasteiger partial charge is 0.358 e. The van der Waals surface area contributed by atoms with Gasteiger partial charge in [0, 0.05) is 64.3 Å². The fourth-order valence-electron chi connectivity index (χ4n) is 5.07. The van der Waals surface area contributed by atoms with Crippen molar-refractivity contribution >= 4 is 27.5 Å². The summed E-state index contributed by atoms with van der Waals surface area (Å²) in [6.45, 7) is 4.21. The van der Waals surface area contributed by atoms with Crippen LogP contribution in [0.1, 0.15) is 5.56 Å². The summed E-state index contributed by atoms with van der Waals surface area (Å²) >= 11 is 0. The molecule has 0 bridgehead atoms. The second-order valence-electron chi connectivity index (χ2n) is 9.73. The average molecular weight is 520 g/mol. The standard InChI is InChI=1S/C33H25N7/c1-21(14-22-6-3-2-4-7-22)37-26-15-25(19-35-20-26)23-9-10-30-27(16-23)33(40-39-30)31-17-28-29(38-31)11-13-36-32(28)24-8-5-12-34-18-24/h2-13,15-20,37-38H,1,14H2,(H,39,40). The van der Waals surface area contributed by atoms with Gasteiger partial charge in [-0.05, 0) is 53.6 Å². The van der Waals surface area contributed by atoms with Crippen LogP contribution >= 0.6 is 0 Å². The van der Waals surface area contributed by atoms with E-state index in [1.165, 1.54) is 5.56 Å². The predicted molar refractivity (Wildman–Crippen MR) is 161 cm³/mol. The molecule has 0 aliphatic heterocycles. The molecule has 0 radical (unpaired) electrons. The highest BCUT2D eigenvalue weighted by atomic mass is 15.1. The van der Waals surface area contributed by atoms with Crippen molar-refractivity contribution in [2.24, 2.45) is 0 Å². The molecule has 0 saturated heterocycles. The van der Waals surface area contributed by atoms with Gasteiger partial charge in [-0.25, -0.2) is 0 Å². The second kappa shape index (κ2) is 9.96. The number of hydrogen-bond donors (Lipinski definition) is 3. The number of H-pyrrole nitrogens is 2. The maximum Gasteiger partial charge on any atom is 0.116 e. The van der Waals surface area contributed by atoms with E-state index in [9.17, 15) is 0 Å². The van der Waals surface area contributed by atoms with E-state index in [1.807, 2.05) is 61.2 Å². The Balaban J connectivity index is 1.21. The third kappa shape index (κ3) is 4.50. The smallest absolute Gasteiger partial charge is 0.116 e. The number of benzene rings is 2. The minimum Gasteiger partial charge on any atom is -0.358 e. The lowest BCUT2D eigenvalue weighted by atomic mass is 10.0. The summed E-state index contributed by atoms with van der Waals surface area (Å²) in [5.74, 6) is 0. The van der Waals surface area contributed by atoms with Crippen molar-refractivity contribution in [1.29, 1.82) is 0 Å². The molecule has 7 nitrogen and oxygen atoms in total. The van der Waals surface area contributed by atoms with Crippen molar-refractivity contribution in [1.82, 2.24) is 30.1 Å². The van der Waals surface area contributed by atoms with Crippen molar-refractivity contribution in [2.75, 3.05) is 5.32 Å². The quantitative estimate of drug-likeness (QED) is 0.204. The summed E-state index contributed by atoms with van der Waals surface area (Å²) < 4.78 is 0. The fraction of sp³-hybridized carbons (Fsp3) is 0.0303. The first kappa shape index (κ1) is 23.5. The number of nitrogens with zero attached hydrogens (tertiary/aromatic N) is 4. The normalized spacial score (nSPS) is 11.2. The Labute approximate surface area is 230 Å². The van der Waals surface area contributed by atoms with Crippen LogP contribution < -0.4 is 5.32 Å². The third-order valence-electron chi connectivity index (χ3n) is 6.95. The number of rotatable bonds is 7. The molecule has 0 fully saturated rings. The summed E-state index contributed by atoms with van der Waals surface area (Å²) in [6, 6.07) is 26.7. The van der Waals surface area contributed by atoms with Gasteiger partial charge in [-0.15, -0.1) is 0 Å². The Bertz CT molecular complexity index is 1970. The Morgan fingerprint density at radius 3 is 2.48 bits per heavy atom. The molecular formula is C33H25N7. The maximum atomic E-state index is 4.67. The van der Waals surface area contributed by atoms with Gasteiger partial charge in [0.05, 0.1) is 28.8 Å². The van der Waals surface area contributed by atoms with Crippen molar-refractivity contribution in [2.45, 2.75) is 6.42 Å². The number of pyridine rings is 3. The number of nitrogens with one attached hydrogen (secondary N) is 3. The number of aromatic amines is 2. The highest BCUT2D eigenvalue weighted by Crippen LogP contribution is 2.34. The van der Waals surface area contributed by atoms with Crippen LogP contribution in [0.4, 0.5) is 5.69 Å². The Kier molecular flexibility index (Phi) is 5.86. The molecule has 0 unspecified atom stereocenters. The van der Waals surface area contributed by atoms with E-state index in [2.05, 4.69) is 84.5 Å². The number of allylic oxidation sites excluding steroid dienone is 1. The van der Waals surface area contributed by atoms with E-state index >= 15 is 0 Å². The first-order chi connectivity index (χ1) is 19.7. The summed E-state index contributed by atoms with van der Waals surface area (Å²) in [7, 11) is 0. The maximum absolute atomic E-state index is 4.67. The van der Waals surface area contributed by atoms with Gasteiger partial charge in [-0.1, -0.05) is 43.0 Å². The van der Waals surface area contributed by atoms with Gasteiger partial charge >= 0.3 is 0 Å². The van der Waals surface area contributed by atoms with Gasteiger partial charge in [0.15, 0.2) is 0 Å². The van der Waals surface area contributed by atoms with Gasteiger partial charge < -0.3 is 10.3 Å². The molecular weight excluding hydrogens is 494 g/mol. The van der Waals surface area contributed by atoms with E-state index in [-0.39, 0.29) is 0 Å². The zero-order valence-electron chi connectivity index (χ0n) is 21.6. The molecule has 7 heteroatoms. The molecule has 3 N–H and O–H groups in total. The molecule has 0 aliphatic carbocycles. The number of aromatic nitrogens is 6. The molecule has 7 rings (SSSR count). The molecule has 0 saturated carbocycles. The van der Waals surface area contributed by atoms with Crippen molar-refractivity contribution < 1.29 is 0 Å². The van der Waals surface area contributed by atoms with Crippen LogP contribution in [0.15, 0.2) is 122 Å². The lowest BCUT2D eigenvalue weighted by molar-refractivity contribution is 1.12. The zero-order valence-corrected chi connectivity index (χ0v) is 21.6. The number of hydrogen-bond acceptors (Lipinski definition) is 5. The lowest BCUT2D eigenvalue weighted by Gasteiger charge is -2.11. The zero-order chi connectivity index (χ0) is 26.9. The van der Waals surface area contributed by atoms with Gasteiger partial charge in [-0.3, -0.25) is 20.1 Å². The van der Waals surface area contributed by atoms with Crippen LogP contribution in [0.5, 0.6) is 0 Å². The van der Waals surface area contributed by atoms with Gasteiger partial charge in [0.25, 0.3) is 0 Å². The molecule has 0 spiro atoms. The van der Waals surface area contributed by atoms with E-state index in [1.54, 1.807) is 6.20 Å². The molecule has 40 heavy (non-hydrogen) atoms. The second-order valence-corrected chi connectivity index (χ2v) is 9.73. The minimum absolute atomic E-state index is 0.748. The first-order valence-electron chi connectivity index (χ1n) is 13.0. The van der Waals surface area contributed by atoms with Crippen LogP contribution in [0.2, 0.25) is 0 Å². The van der Waals surface area contributed by atoms with Crippen molar-refractivity contribution in [3.8, 4) is 33.8 Å². The Morgan fingerprint density at radius 1 is 0.725 bits per heavy atom. The van der Waals surface area contributed by atoms with Gasteiger partial charge in [0.1, 0.15) is 5.69 Å². The van der Waals surface area contributed by atoms with Crippen LogP contribution in [0.25, 0.3) is 55.6 Å². The summed E-state index contributed by atoms with van der Waals surface area (Å²) in [6.07, 6.45) is 9.85. The molecule has 0 atom stereocenters. The predicted octanol–water partition coefficient (Wildman–Crippen LogP) is 7.40.